The molecule has 274 valence electrons. The van der Waals surface area contributed by atoms with E-state index >= 15 is 0 Å². The van der Waals surface area contributed by atoms with Crippen molar-refractivity contribution in [1.29, 1.82) is 0 Å². The third kappa shape index (κ3) is 10.4. The number of primary amides is 1. The first-order valence-electron chi connectivity index (χ1n) is 17.2. The Morgan fingerprint density at radius 3 is 2.35 bits per heavy atom. The van der Waals surface area contributed by atoms with Gasteiger partial charge in [0.05, 0.1) is 19.2 Å². The van der Waals surface area contributed by atoms with Crippen molar-refractivity contribution in [2.45, 2.75) is 47.1 Å². The van der Waals surface area contributed by atoms with Crippen LogP contribution in [0.4, 0.5) is 0 Å². The van der Waals surface area contributed by atoms with Crippen LogP contribution in [0, 0.1) is 0 Å². The molecular formula is C43H52N4O5. The van der Waals surface area contributed by atoms with Gasteiger partial charge in [-0.25, -0.2) is 0 Å². The van der Waals surface area contributed by atoms with E-state index in [0.717, 1.165) is 17.6 Å². The summed E-state index contributed by atoms with van der Waals surface area (Å²) in [6.45, 7) is 16.5. The number of aliphatic hydroxyl groups is 1. The fourth-order valence-electron chi connectivity index (χ4n) is 5.68. The molecule has 0 aliphatic carbocycles. The van der Waals surface area contributed by atoms with Crippen LogP contribution in [0.1, 0.15) is 71.5 Å². The average Bonchev–Trinajstić information content (AvgIpc) is 3.14. The number of carbonyl (C=O) groups excluding carboxylic acids is 3. The summed E-state index contributed by atoms with van der Waals surface area (Å²) in [5.41, 5.74) is 12.2. The third-order valence-corrected chi connectivity index (χ3v) is 9.11. The molecule has 0 spiro atoms. The summed E-state index contributed by atoms with van der Waals surface area (Å²) >= 11 is 0. The number of hydrogen-bond acceptors (Lipinski definition) is 6. The monoisotopic (exact) mass is 704 g/mol. The zero-order chi connectivity index (χ0) is 38.5. The number of amides is 3. The number of carbonyl (C=O) groups is 3. The number of nitrogens with two attached hydrogens (primary N) is 1. The highest BCUT2D eigenvalue weighted by Gasteiger charge is 2.25. The van der Waals surface area contributed by atoms with Crippen molar-refractivity contribution >= 4 is 23.8 Å². The molecule has 0 unspecified atom stereocenters. The van der Waals surface area contributed by atoms with Crippen LogP contribution in [0.2, 0.25) is 0 Å². The Morgan fingerprint density at radius 1 is 1.04 bits per heavy atom. The molecule has 3 amide bonds. The molecule has 0 fully saturated rings. The number of nitrogens with zero attached hydrogens (tertiary/aromatic N) is 3. The quantitative estimate of drug-likeness (QED) is 0.112. The Hall–Kier alpha value is -5.83. The number of benzene rings is 2. The van der Waals surface area contributed by atoms with Crippen LogP contribution in [0.15, 0.2) is 132 Å². The Bertz CT molecular complexity index is 1890. The zero-order valence-electron chi connectivity index (χ0n) is 31.5. The Balaban J connectivity index is 2.13. The van der Waals surface area contributed by atoms with Gasteiger partial charge < -0.3 is 30.3 Å². The summed E-state index contributed by atoms with van der Waals surface area (Å²) in [5, 5.41) is 9.93. The van der Waals surface area contributed by atoms with Gasteiger partial charge in [-0.1, -0.05) is 55.7 Å². The molecule has 0 bridgehead atoms. The predicted molar refractivity (Wildman–Crippen MR) is 210 cm³/mol. The fourth-order valence-corrected chi connectivity index (χ4v) is 5.68. The largest absolute Gasteiger partial charge is 0.508 e. The molecule has 2 aromatic carbocycles. The summed E-state index contributed by atoms with van der Waals surface area (Å²) in [7, 11) is 5.27. The Labute approximate surface area is 308 Å². The molecular weight excluding hydrogens is 652 g/mol. The van der Waals surface area contributed by atoms with Gasteiger partial charge in [0.25, 0.3) is 11.8 Å². The van der Waals surface area contributed by atoms with E-state index < -0.39 is 5.91 Å². The molecule has 0 aromatic heterocycles. The van der Waals surface area contributed by atoms with Gasteiger partial charge in [-0.15, -0.1) is 0 Å². The molecule has 1 aliphatic rings. The van der Waals surface area contributed by atoms with Crippen molar-refractivity contribution in [3.05, 3.63) is 160 Å². The molecule has 0 saturated carbocycles. The van der Waals surface area contributed by atoms with Gasteiger partial charge in [0, 0.05) is 49.7 Å². The van der Waals surface area contributed by atoms with Crippen LogP contribution in [-0.4, -0.2) is 71.8 Å². The molecule has 3 rings (SSSR count). The minimum atomic E-state index is -0.629. The molecule has 0 saturated heterocycles. The molecule has 9 heteroatoms. The van der Waals surface area contributed by atoms with Gasteiger partial charge in [-0.05, 0) is 111 Å². The minimum absolute atomic E-state index is 0.0329. The van der Waals surface area contributed by atoms with E-state index in [9.17, 15) is 19.5 Å². The molecule has 0 atom stereocenters. The second-order valence-corrected chi connectivity index (χ2v) is 12.7. The lowest BCUT2D eigenvalue weighted by Crippen LogP contribution is -2.36. The topological polar surface area (TPSA) is 116 Å². The third-order valence-electron chi connectivity index (χ3n) is 9.11. The number of methoxy groups -OCH3 is 1. The van der Waals surface area contributed by atoms with E-state index in [1.54, 1.807) is 53.3 Å². The summed E-state index contributed by atoms with van der Waals surface area (Å²) < 4.78 is 5.58. The number of rotatable bonds is 15. The smallest absolute Gasteiger partial charge is 0.260 e. The Kier molecular flexibility index (Phi) is 14.8. The van der Waals surface area contributed by atoms with E-state index in [1.807, 2.05) is 83.1 Å². The predicted octanol–water partition coefficient (Wildman–Crippen LogP) is 7.64. The van der Waals surface area contributed by atoms with E-state index in [2.05, 4.69) is 19.2 Å². The summed E-state index contributed by atoms with van der Waals surface area (Å²) in [4.78, 5) is 46.3. The first-order chi connectivity index (χ1) is 24.7. The van der Waals surface area contributed by atoms with Crippen molar-refractivity contribution < 1.29 is 24.2 Å². The van der Waals surface area contributed by atoms with Crippen LogP contribution in [0.3, 0.4) is 0 Å². The zero-order valence-corrected chi connectivity index (χ0v) is 31.5. The van der Waals surface area contributed by atoms with Crippen molar-refractivity contribution in [2.24, 2.45) is 5.73 Å². The molecule has 2 aromatic rings. The molecule has 9 nitrogen and oxygen atoms in total. The van der Waals surface area contributed by atoms with Crippen LogP contribution in [0.5, 0.6) is 0 Å². The minimum Gasteiger partial charge on any atom is -0.508 e. The SMILES string of the molecule is C=C/C(O)=C\C/C=C(\C)N(CC(=C)/C(C)=C(\C=C/C)OC)C(=O)C(/C=C/c1cc(C(N)=O)ccc1C(=O)N1CCc2ccccc2C1)=C(\C)N(C)C. The maximum absolute atomic E-state index is 14.7. The van der Waals surface area contributed by atoms with Crippen LogP contribution < -0.4 is 5.73 Å². The molecule has 3 N–H and O–H groups in total. The van der Waals surface area contributed by atoms with Gasteiger partial charge in [0.15, 0.2) is 0 Å². The van der Waals surface area contributed by atoms with E-state index in [4.69, 9.17) is 10.5 Å². The first kappa shape index (κ1) is 40.6. The molecule has 1 aliphatic heterocycles. The second kappa shape index (κ2) is 19.0. The molecule has 1 heterocycles. The van der Waals surface area contributed by atoms with Gasteiger partial charge in [0.1, 0.15) is 11.5 Å². The summed E-state index contributed by atoms with van der Waals surface area (Å²) in [5.74, 6) is -0.472. The van der Waals surface area contributed by atoms with Crippen molar-refractivity contribution in [1.82, 2.24) is 14.7 Å². The highest BCUT2D eigenvalue weighted by molar-refractivity contribution is 6.02. The van der Waals surface area contributed by atoms with E-state index in [0.29, 0.717) is 58.9 Å². The lowest BCUT2D eigenvalue weighted by atomic mass is 9.97. The van der Waals surface area contributed by atoms with Crippen molar-refractivity contribution in [3.63, 3.8) is 0 Å². The lowest BCUT2D eigenvalue weighted by Gasteiger charge is -2.29. The standard InChI is InChI=1S/C43H52N4O5/c1-10-15-40(52-9)31(5)29(3)27-47(30(4)16-14-19-37(48)11-2)43(51)38(32(6)45(7)8)22-20-34-26-35(41(44)49)21-23-39(34)42(50)46-25-24-33-17-12-13-18-36(33)28-46/h10-13,15-23,26,48H,2-3,14,24-25,27-28H2,1,4-9H3,(H2,44,49)/b15-10-,22-20+,30-16+,37-19+,38-32+,40-31+. The first-order valence-corrected chi connectivity index (χ1v) is 17.2. The maximum Gasteiger partial charge on any atom is 0.260 e. The fraction of sp³-hybridized carbons (Fsp3) is 0.279. The van der Waals surface area contributed by atoms with Gasteiger partial charge in [-0.2, -0.15) is 0 Å². The molecule has 52 heavy (non-hydrogen) atoms. The average molecular weight is 705 g/mol. The number of fused-ring (bicyclic) bond motifs is 1. The number of allylic oxidation sites excluding steroid dienone is 7. The maximum atomic E-state index is 14.7. The lowest BCUT2D eigenvalue weighted by molar-refractivity contribution is -0.124. The van der Waals surface area contributed by atoms with Gasteiger partial charge >= 0.3 is 0 Å². The van der Waals surface area contributed by atoms with Gasteiger partial charge in [-0.3, -0.25) is 14.4 Å². The van der Waals surface area contributed by atoms with Gasteiger partial charge in [0.2, 0.25) is 5.91 Å². The normalized spacial score (nSPS) is 14.4. The van der Waals surface area contributed by atoms with Crippen molar-refractivity contribution in [2.75, 3.05) is 34.3 Å². The number of aliphatic hydroxyl groups excluding tert-OH is 1. The van der Waals surface area contributed by atoms with Crippen LogP contribution in [-0.2, 0) is 22.5 Å². The number of ether oxygens (including phenoxy) is 1. The van der Waals surface area contributed by atoms with E-state index in [1.165, 1.54) is 11.6 Å². The van der Waals surface area contributed by atoms with E-state index in [-0.39, 0.29) is 29.7 Å². The molecule has 0 radical (unpaired) electrons. The highest BCUT2D eigenvalue weighted by Crippen LogP contribution is 2.26. The van der Waals surface area contributed by atoms with Crippen LogP contribution >= 0.6 is 0 Å². The number of hydrogen-bond donors (Lipinski definition) is 2. The Morgan fingerprint density at radius 2 is 1.73 bits per heavy atom. The second-order valence-electron chi connectivity index (χ2n) is 12.7. The highest BCUT2D eigenvalue weighted by atomic mass is 16.5. The van der Waals surface area contributed by atoms with Crippen molar-refractivity contribution in [3.8, 4) is 0 Å². The summed E-state index contributed by atoms with van der Waals surface area (Å²) in [6, 6.07) is 12.8. The summed E-state index contributed by atoms with van der Waals surface area (Å²) in [6.07, 6.45) is 12.9. The van der Waals surface area contributed by atoms with Crippen LogP contribution in [0.25, 0.3) is 6.08 Å².